The van der Waals surface area contributed by atoms with Crippen LogP contribution in [-0.4, -0.2) is 6.21 Å². The molecule has 0 saturated heterocycles. The van der Waals surface area contributed by atoms with Gasteiger partial charge in [0.25, 0.3) is 0 Å². The molecule has 0 bridgehead atoms. The second-order valence-electron chi connectivity index (χ2n) is 1.42. The fourth-order valence-corrected chi connectivity index (χ4v) is 0.599. The fraction of sp³-hybridized carbons (Fsp3) is 0.167. The zero-order chi connectivity index (χ0) is 7.11. The van der Waals surface area contributed by atoms with E-state index < -0.39 is 0 Å². The lowest BCUT2D eigenvalue weighted by Gasteiger charge is -1.85. The van der Waals surface area contributed by atoms with E-state index in [9.17, 15) is 0 Å². The standard InChI is InChI=1S/C6H9NS2/c1-6(9-8)4-2-3-5-7/h2-5,7-8H,1H3/b3-2-,6-4+,7-5?. The van der Waals surface area contributed by atoms with Gasteiger partial charge in [0.2, 0.25) is 0 Å². The Labute approximate surface area is 64.5 Å². The van der Waals surface area contributed by atoms with Gasteiger partial charge in [-0.2, -0.15) is 0 Å². The Morgan fingerprint density at radius 1 is 1.56 bits per heavy atom. The number of hydrogen-bond donors (Lipinski definition) is 2. The maximum absolute atomic E-state index is 6.64. The summed E-state index contributed by atoms with van der Waals surface area (Å²) in [7, 11) is 1.40. The summed E-state index contributed by atoms with van der Waals surface area (Å²) in [5.41, 5.74) is 0. The molecule has 0 heterocycles. The van der Waals surface area contributed by atoms with Gasteiger partial charge in [-0.3, -0.25) is 0 Å². The van der Waals surface area contributed by atoms with E-state index in [2.05, 4.69) is 11.7 Å². The molecule has 1 N–H and O–H groups in total. The topological polar surface area (TPSA) is 23.9 Å². The highest BCUT2D eigenvalue weighted by atomic mass is 33.1. The lowest BCUT2D eigenvalue weighted by atomic mass is 10.4. The molecule has 0 aliphatic heterocycles. The number of thiol groups is 1. The number of allylic oxidation sites excluding steroid dienone is 4. The number of hydrogen-bond acceptors (Lipinski definition) is 3. The molecule has 0 unspecified atom stereocenters. The quantitative estimate of drug-likeness (QED) is 0.281. The van der Waals surface area contributed by atoms with Gasteiger partial charge in [0.05, 0.1) is 0 Å². The summed E-state index contributed by atoms with van der Waals surface area (Å²) in [5.74, 6) is 0. The van der Waals surface area contributed by atoms with Crippen LogP contribution in [0.4, 0.5) is 0 Å². The molecule has 0 spiro atoms. The summed E-state index contributed by atoms with van der Waals surface area (Å²) in [6.07, 6.45) is 6.62. The molecule has 0 saturated carbocycles. The van der Waals surface area contributed by atoms with Crippen LogP contribution in [0, 0.1) is 5.41 Å². The van der Waals surface area contributed by atoms with E-state index >= 15 is 0 Å². The largest absolute Gasteiger partial charge is 0.309 e. The number of nitrogens with one attached hydrogen (secondary N) is 1. The molecule has 0 fully saturated rings. The average Bonchev–Trinajstić information content (AvgIpc) is 1.89. The third-order valence-electron chi connectivity index (χ3n) is 0.682. The van der Waals surface area contributed by atoms with E-state index in [4.69, 9.17) is 5.41 Å². The van der Waals surface area contributed by atoms with E-state index in [1.807, 2.05) is 19.1 Å². The Bertz CT molecular complexity index is 138. The fourth-order valence-electron chi connectivity index (χ4n) is 0.277. The summed E-state index contributed by atoms with van der Waals surface area (Å²) >= 11 is 3.98. The highest BCUT2D eigenvalue weighted by Crippen LogP contribution is 2.17. The molecule has 0 aromatic carbocycles. The van der Waals surface area contributed by atoms with Crippen LogP contribution in [0.3, 0.4) is 0 Å². The Balaban J connectivity index is 3.67. The van der Waals surface area contributed by atoms with Crippen molar-refractivity contribution in [3.8, 4) is 0 Å². The van der Waals surface area contributed by atoms with Crippen molar-refractivity contribution in [2.24, 2.45) is 0 Å². The Hall–Kier alpha value is -0.150. The van der Waals surface area contributed by atoms with Crippen LogP contribution in [0.2, 0.25) is 0 Å². The predicted molar refractivity (Wildman–Crippen MR) is 48.3 cm³/mol. The molecule has 0 amide bonds. The van der Waals surface area contributed by atoms with Gasteiger partial charge in [0, 0.05) is 6.21 Å². The van der Waals surface area contributed by atoms with E-state index in [1.54, 1.807) is 6.08 Å². The van der Waals surface area contributed by atoms with E-state index in [-0.39, 0.29) is 0 Å². The lowest BCUT2D eigenvalue weighted by Crippen LogP contribution is -1.59. The first kappa shape index (κ1) is 8.85. The van der Waals surface area contributed by atoms with Crippen molar-refractivity contribution in [1.82, 2.24) is 0 Å². The summed E-state index contributed by atoms with van der Waals surface area (Å²) in [4.78, 5) is 1.12. The van der Waals surface area contributed by atoms with Gasteiger partial charge in [-0.05, 0) is 17.9 Å². The summed E-state index contributed by atoms with van der Waals surface area (Å²) in [5, 5.41) is 6.64. The Morgan fingerprint density at radius 3 is 2.67 bits per heavy atom. The molecular weight excluding hydrogens is 150 g/mol. The molecule has 0 aromatic heterocycles. The molecule has 0 rings (SSSR count). The molecule has 0 aromatic rings. The molecule has 0 atom stereocenters. The van der Waals surface area contributed by atoms with Crippen LogP contribution in [-0.2, 0) is 0 Å². The van der Waals surface area contributed by atoms with Crippen LogP contribution in [0.25, 0.3) is 0 Å². The molecule has 0 aliphatic rings. The van der Waals surface area contributed by atoms with Crippen LogP contribution < -0.4 is 0 Å². The first-order chi connectivity index (χ1) is 4.31. The molecule has 50 valence electrons. The Kier molecular flexibility index (Phi) is 5.88. The van der Waals surface area contributed by atoms with E-state index in [0.717, 1.165) is 4.91 Å². The van der Waals surface area contributed by atoms with Gasteiger partial charge in [-0.15, -0.1) is 11.7 Å². The third-order valence-corrected chi connectivity index (χ3v) is 1.97. The van der Waals surface area contributed by atoms with Crippen molar-refractivity contribution >= 4 is 28.7 Å². The first-order valence-electron chi connectivity index (χ1n) is 2.46. The maximum Gasteiger partial charge on any atom is 0.0177 e. The summed E-state index contributed by atoms with van der Waals surface area (Å²) in [6.45, 7) is 1.96. The smallest absolute Gasteiger partial charge is 0.0177 e. The molecule has 0 radical (unpaired) electrons. The number of rotatable bonds is 3. The van der Waals surface area contributed by atoms with Crippen molar-refractivity contribution in [2.45, 2.75) is 6.92 Å². The molecular formula is C6H9NS2. The van der Waals surface area contributed by atoms with Crippen molar-refractivity contribution in [1.29, 1.82) is 5.41 Å². The van der Waals surface area contributed by atoms with Gasteiger partial charge in [0.1, 0.15) is 0 Å². The van der Waals surface area contributed by atoms with Crippen molar-refractivity contribution < 1.29 is 0 Å². The molecule has 9 heavy (non-hydrogen) atoms. The first-order valence-corrected chi connectivity index (χ1v) is 4.33. The molecule has 1 nitrogen and oxygen atoms in total. The third kappa shape index (κ3) is 5.73. The van der Waals surface area contributed by atoms with Gasteiger partial charge >= 0.3 is 0 Å². The normalized spacial score (nSPS) is 12.4. The second kappa shape index (κ2) is 5.98. The maximum atomic E-state index is 6.64. The summed E-state index contributed by atoms with van der Waals surface area (Å²) < 4.78 is 0. The van der Waals surface area contributed by atoms with E-state index in [0.29, 0.717) is 0 Å². The minimum absolute atomic E-state index is 1.12. The lowest BCUT2D eigenvalue weighted by molar-refractivity contribution is 1.58. The Morgan fingerprint density at radius 2 is 2.22 bits per heavy atom. The summed E-state index contributed by atoms with van der Waals surface area (Å²) in [6, 6.07) is 0. The van der Waals surface area contributed by atoms with Gasteiger partial charge in [0.15, 0.2) is 0 Å². The SMILES string of the molecule is C/C(=C\C=C/C=N)SS. The van der Waals surface area contributed by atoms with E-state index in [1.165, 1.54) is 17.0 Å². The van der Waals surface area contributed by atoms with Crippen LogP contribution in [0.5, 0.6) is 0 Å². The minimum atomic E-state index is 1.12. The monoisotopic (exact) mass is 159 g/mol. The van der Waals surface area contributed by atoms with Crippen molar-refractivity contribution in [3.05, 3.63) is 23.1 Å². The van der Waals surface area contributed by atoms with Crippen LogP contribution in [0.1, 0.15) is 6.92 Å². The highest BCUT2D eigenvalue weighted by Gasteiger charge is 1.77. The van der Waals surface area contributed by atoms with Gasteiger partial charge in [-0.25, -0.2) is 0 Å². The van der Waals surface area contributed by atoms with Crippen molar-refractivity contribution in [3.63, 3.8) is 0 Å². The van der Waals surface area contributed by atoms with Crippen LogP contribution in [0.15, 0.2) is 23.1 Å². The minimum Gasteiger partial charge on any atom is -0.309 e. The van der Waals surface area contributed by atoms with Gasteiger partial charge in [-0.1, -0.05) is 22.9 Å². The molecule has 0 aliphatic carbocycles. The van der Waals surface area contributed by atoms with Crippen molar-refractivity contribution in [2.75, 3.05) is 0 Å². The van der Waals surface area contributed by atoms with Gasteiger partial charge < -0.3 is 5.41 Å². The second-order valence-corrected chi connectivity index (χ2v) is 2.79. The zero-order valence-corrected chi connectivity index (χ0v) is 6.88. The zero-order valence-electron chi connectivity index (χ0n) is 5.16. The molecule has 3 heteroatoms. The highest BCUT2D eigenvalue weighted by molar-refractivity contribution is 8.70. The average molecular weight is 159 g/mol. The predicted octanol–water partition coefficient (Wildman–Crippen LogP) is 2.67. The van der Waals surface area contributed by atoms with Crippen LogP contribution >= 0.6 is 22.5 Å².